The van der Waals surface area contributed by atoms with Crippen LogP contribution in [0.25, 0.3) is 5.57 Å². The Bertz CT molecular complexity index is 1260. The standard InChI is InChI=1S/C29H29N3O2/c1-20-11-14-25(19-21(20)2)32-28(33)26(22-9-5-3-6-10-22)27(29(32)34)30-23-12-15-24(16-13-23)31-17-7-4-8-18-31/h3,5-6,9-16,19,30H,4,7-8,17-18H2,1-2H3. The summed E-state index contributed by atoms with van der Waals surface area (Å²) in [6, 6.07) is 23.2. The van der Waals surface area contributed by atoms with Gasteiger partial charge in [-0.25, -0.2) is 4.90 Å². The van der Waals surface area contributed by atoms with E-state index in [4.69, 9.17) is 0 Å². The third-order valence-electron chi connectivity index (χ3n) is 6.75. The first-order valence-corrected chi connectivity index (χ1v) is 11.9. The lowest BCUT2D eigenvalue weighted by Crippen LogP contribution is -2.32. The van der Waals surface area contributed by atoms with Crippen LogP contribution in [0.5, 0.6) is 0 Å². The Kier molecular flexibility index (Phi) is 5.93. The molecule has 0 aromatic heterocycles. The molecule has 5 rings (SSSR count). The number of carbonyl (C=O) groups is 2. The molecule has 3 aromatic rings. The summed E-state index contributed by atoms with van der Waals surface area (Å²) < 4.78 is 0. The first-order chi connectivity index (χ1) is 16.5. The largest absolute Gasteiger partial charge is 0.372 e. The van der Waals surface area contributed by atoms with Gasteiger partial charge in [-0.1, -0.05) is 36.4 Å². The smallest absolute Gasteiger partial charge is 0.282 e. The molecule has 5 heteroatoms. The fourth-order valence-electron chi connectivity index (χ4n) is 4.67. The van der Waals surface area contributed by atoms with Crippen LogP contribution in [0.2, 0.25) is 0 Å². The van der Waals surface area contributed by atoms with Gasteiger partial charge in [0.15, 0.2) is 0 Å². The van der Waals surface area contributed by atoms with E-state index in [9.17, 15) is 9.59 Å². The lowest BCUT2D eigenvalue weighted by Gasteiger charge is -2.28. The first-order valence-electron chi connectivity index (χ1n) is 11.9. The zero-order chi connectivity index (χ0) is 23.7. The molecule has 1 N–H and O–H groups in total. The van der Waals surface area contributed by atoms with Crippen molar-refractivity contribution in [1.82, 2.24) is 0 Å². The van der Waals surface area contributed by atoms with Crippen molar-refractivity contribution in [3.63, 3.8) is 0 Å². The number of amides is 2. The topological polar surface area (TPSA) is 52.7 Å². The number of imide groups is 1. The summed E-state index contributed by atoms with van der Waals surface area (Å²) >= 11 is 0. The van der Waals surface area contributed by atoms with Crippen molar-refractivity contribution < 1.29 is 9.59 Å². The molecule has 0 atom stereocenters. The minimum absolute atomic E-state index is 0.306. The number of nitrogens with zero attached hydrogens (tertiary/aromatic N) is 2. The third kappa shape index (κ3) is 4.10. The van der Waals surface area contributed by atoms with E-state index >= 15 is 0 Å². The highest BCUT2D eigenvalue weighted by molar-refractivity contribution is 6.46. The van der Waals surface area contributed by atoms with Crippen molar-refractivity contribution in [2.75, 3.05) is 28.2 Å². The molecule has 1 fully saturated rings. The Morgan fingerprint density at radius 1 is 0.706 bits per heavy atom. The molecule has 34 heavy (non-hydrogen) atoms. The second kappa shape index (κ2) is 9.18. The summed E-state index contributed by atoms with van der Waals surface area (Å²) in [7, 11) is 0. The molecule has 0 bridgehead atoms. The summed E-state index contributed by atoms with van der Waals surface area (Å²) in [6.45, 7) is 6.15. The van der Waals surface area contributed by atoms with Crippen molar-refractivity contribution in [2.24, 2.45) is 0 Å². The molecule has 1 saturated heterocycles. The van der Waals surface area contributed by atoms with E-state index in [2.05, 4.69) is 22.3 Å². The van der Waals surface area contributed by atoms with Gasteiger partial charge in [0.25, 0.3) is 11.8 Å². The molecule has 2 aliphatic rings. The minimum Gasteiger partial charge on any atom is -0.372 e. The number of carbonyl (C=O) groups excluding carboxylic acids is 2. The van der Waals surface area contributed by atoms with Crippen molar-refractivity contribution in [1.29, 1.82) is 0 Å². The molecule has 0 unspecified atom stereocenters. The van der Waals surface area contributed by atoms with Gasteiger partial charge in [0, 0.05) is 24.5 Å². The summed E-state index contributed by atoms with van der Waals surface area (Å²) in [6.07, 6.45) is 3.73. The average molecular weight is 452 g/mol. The van der Waals surface area contributed by atoms with E-state index < -0.39 is 0 Å². The third-order valence-corrected chi connectivity index (χ3v) is 6.75. The lowest BCUT2D eigenvalue weighted by atomic mass is 10.0. The zero-order valence-electron chi connectivity index (χ0n) is 19.7. The first kappa shape index (κ1) is 22.0. The van der Waals surface area contributed by atoms with Crippen LogP contribution in [0.1, 0.15) is 36.0 Å². The van der Waals surface area contributed by atoms with Gasteiger partial charge in [0.2, 0.25) is 0 Å². The monoisotopic (exact) mass is 451 g/mol. The van der Waals surface area contributed by atoms with Gasteiger partial charge >= 0.3 is 0 Å². The Morgan fingerprint density at radius 3 is 2.06 bits per heavy atom. The molecular weight excluding hydrogens is 422 g/mol. The molecule has 2 aliphatic heterocycles. The van der Waals surface area contributed by atoms with E-state index in [0.29, 0.717) is 17.0 Å². The van der Waals surface area contributed by atoms with Gasteiger partial charge in [-0.2, -0.15) is 0 Å². The predicted molar refractivity (Wildman–Crippen MR) is 138 cm³/mol. The van der Waals surface area contributed by atoms with Crippen LogP contribution in [-0.2, 0) is 9.59 Å². The molecule has 5 nitrogen and oxygen atoms in total. The second-order valence-electron chi connectivity index (χ2n) is 9.05. The SMILES string of the molecule is Cc1ccc(N2C(=O)C(Nc3ccc(N4CCCCC4)cc3)=C(c3ccccc3)C2=O)cc1C. The molecule has 2 amide bonds. The summed E-state index contributed by atoms with van der Waals surface area (Å²) in [5, 5.41) is 3.27. The highest BCUT2D eigenvalue weighted by Crippen LogP contribution is 2.34. The van der Waals surface area contributed by atoms with E-state index in [1.165, 1.54) is 29.8 Å². The number of hydrogen-bond donors (Lipinski definition) is 1. The van der Waals surface area contributed by atoms with Crippen LogP contribution in [0.3, 0.4) is 0 Å². The zero-order valence-corrected chi connectivity index (χ0v) is 19.7. The van der Waals surface area contributed by atoms with Crippen molar-refractivity contribution >= 4 is 34.4 Å². The molecule has 0 aliphatic carbocycles. The number of piperidine rings is 1. The fraction of sp³-hybridized carbons (Fsp3) is 0.241. The van der Waals surface area contributed by atoms with Crippen molar-refractivity contribution in [2.45, 2.75) is 33.1 Å². The summed E-state index contributed by atoms with van der Waals surface area (Å²) in [5.41, 5.74) is 6.13. The molecule has 0 spiro atoms. The Labute approximate surface area is 200 Å². The quantitative estimate of drug-likeness (QED) is 0.506. The number of anilines is 3. The van der Waals surface area contributed by atoms with Crippen LogP contribution < -0.4 is 15.1 Å². The number of benzene rings is 3. The molecular formula is C29H29N3O2. The van der Waals surface area contributed by atoms with Crippen LogP contribution in [-0.4, -0.2) is 24.9 Å². The second-order valence-corrected chi connectivity index (χ2v) is 9.05. The molecule has 172 valence electrons. The maximum atomic E-state index is 13.6. The maximum Gasteiger partial charge on any atom is 0.282 e. The minimum atomic E-state index is -0.341. The van der Waals surface area contributed by atoms with Gasteiger partial charge in [-0.15, -0.1) is 0 Å². The summed E-state index contributed by atoms with van der Waals surface area (Å²) in [4.78, 5) is 30.8. The number of aryl methyl sites for hydroxylation is 2. The Balaban J connectivity index is 1.49. The highest BCUT2D eigenvalue weighted by atomic mass is 16.2. The van der Waals surface area contributed by atoms with Crippen molar-refractivity contribution in [3.8, 4) is 0 Å². The number of rotatable bonds is 5. The van der Waals surface area contributed by atoms with E-state index in [1.54, 1.807) is 0 Å². The lowest BCUT2D eigenvalue weighted by molar-refractivity contribution is -0.120. The molecule has 0 radical (unpaired) electrons. The van der Waals surface area contributed by atoms with Crippen LogP contribution in [0.4, 0.5) is 17.1 Å². The average Bonchev–Trinajstić information content (AvgIpc) is 3.11. The fourth-order valence-corrected chi connectivity index (χ4v) is 4.67. The normalized spacial score (nSPS) is 16.4. The maximum absolute atomic E-state index is 13.6. The number of nitrogens with one attached hydrogen (secondary N) is 1. The van der Waals surface area contributed by atoms with Crippen molar-refractivity contribution in [3.05, 3.63) is 95.2 Å². The van der Waals surface area contributed by atoms with Crippen LogP contribution in [0.15, 0.2) is 78.5 Å². The van der Waals surface area contributed by atoms with E-state index in [-0.39, 0.29) is 11.8 Å². The Hall–Kier alpha value is -3.86. The van der Waals surface area contributed by atoms with Gasteiger partial charge in [0.1, 0.15) is 5.70 Å². The van der Waals surface area contributed by atoms with Crippen LogP contribution >= 0.6 is 0 Å². The van der Waals surface area contributed by atoms with Gasteiger partial charge in [-0.05, 0) is 86.2 Å². The van der Waals surface area contributed by atoms with Gasteiger partial charge < -0.3 is 10.2 Å². The van der Waals surface area contributed by atoms with Crippen LogP contribution in [0, 0.1) is 13.8 Å². The molecule has 0 saturated carbocycles. The summed E-state index contributed by atoms with van der Waals surface area (Å²) in [5.74, 6) is -0.654. The van der Waals surface area contributed by atoms with E-state index in [1.807, 2.05) is 74.5 Å². The molecule has 3 aromatic carbocycles. The van der Waals surface area contributed by atoms with Gasteiger partial charge in [0.05, 0.1) is 11.3 Å². The highest BCUT2D eigenvalue weighted by Gasteiger charge is 2.40. The van der Waals surface area contributed by atoms with Gasteiger partial charge in [-0.3, -0.25) is 9.59 Å². The number of hydrogen-bond acceptors (Lipinski definition) is 4. The predicted octanol–water partition coefficient (Wildman–Crippen LogP) is 5.69. The molecule has 2 heterocycles. The van der Waals surface area contributed by atoms with E-state index in [0.717, 1.165) is 35.5 Å². The Morgan fingerprint density at radius 2 is 1.38 bits per heavy atom.